The summed E-state index contributed by atoms with van der Waals surface area (Å²) in [5.74, 6) is -0.862. The van der Waals surface area contributed by atoms with Crippen LogP contribution >= 0.6 is 11.3 Å². The number of aryl methyl sites for hydroxylation is 1. The van der Waals surface area contributed by atoms with Crippen LogP contribution < -0.4 is 4.87 Å². The molecule has 0 saturated heterocycles. The van der Waals surface area contributed by atoms with Gasteiger partial charge in [0.2, 0.25) is 5.78 Å². The molecule has 1 atom stereocenters. The highest BCUT2D eigenvalue weighted by atomic mass is 32.1. The van der Waals surface area contributed by atoms with E-state index in [4.69, 9.17) is 4.74 Å². The lowest BCUT2D eigenvalue weighted by Gasteiger charge is -2.19. The number of ketones is 1. The van der Waals surface area contributed by atoms with E-state index in [0.717, 1.165) is 16.9 Å². The van der Waals surface area contributed by atoms with E-state index in [9.17, 15) is 14.4 Å². The van der Waals surface area contributed by atoms with Crippen molar-refractivity contribution in [3.8, 4) is 0 Å². The van der Waals surface area contributed by atoms with E-state index < -0.39 is 12.1 Å². The number of thiazole rings is 1. The average Bonchev–Trinajstić information content (AvgIpc) is 2.85. The van der Waals surface area contributed by atoms with Crippen LogP contribution in [0.1, 0.15) is 49.3 Å². The van der Waals surface area contributed by atoms with E-state index in [1.165, 1.54) is 4.57 Å². The lowest BCUT2D eigenvalue weighted by atomic mass is 9.86. The molecule has 1 aromatic carbocycles. The Kier molecular flexibility index (Phi) is 5.62. The second kappa shape index (κ2) is 7.35. The summed E-state index contributed by atoms with van der Waals surface area (Å²) in [6, 6.07) is 7.33. The van der Waals surface area contributed by atoms with Gasteiger partial charge in [-0.25, -0.2) is 0 Å². The van der Waals surface area contributed by atoms with E-state index in [-0.39, 0.29) is 22.6 Å². The van der Waals surface area contributed by atoms with Gasteiger partial charge < -0.3 is 4.74 Å². The maximum absolute atomic E-state index is 12.4. The predicted molar refractivity (Wildman–Crippen MR) is 98.3 cm³/mol. The number of hydrogen-bond acceptors (Lipinski definition) is 5. The fourth-order valence-electron chi connectivity index (χ4n) is 2.38. The van der Waals surface area contributed by atoms with Gasteiger partial charge in [-0.15, -0.1) is 0 Å². The van der Waals surface area contributed by atoms with Crippen LogP contribution in [0.5, 0.6) is 0 Å². The van der Waals surface area contributed by atoms with Gasteiger partial charge in [-0.1, -0.05) is 56.4 Å². The summed E-state index contributed by atoms with van der Waals surface area (Å²) in [7, 11) is 0. The highest BCUT2D eigenvalue weighted by Crippen LogP contribution is 2.22. The van der Waals surface area contributed by atoms with Gasteiger partial charge in [0.15, 0.2) is 6.10 Å². The fourth-order valence-corrected chi connectivity index (χ4v) is 3.12. The number of carbonyl (C=O) groups is 2. The minimum atomic E-state index is -0.900. The highest BCUT2D eigenvalue weighted by Gasteiger charge is 2.21. The number of nitrogens with zero attached hydrogens (tertiary/aromatic N) is 1. The van der Waals surface area contributed by atoms with Gasteiger partial charge in [0, 0.05) is 16.6 Å². The Labute approximate surface area is 151 Å². The van der Waals surface area contributed by atoms with Gasteiger partial charge in [0.1, 0.15) is 6.54 Å². The van der Waals surface area contributed by atoms with Crippen LogP contribution in [0.4, 0.5) is 0 Å². The fraction of sp³-hybridized carbons (Fsp3) is 0.421. The Balaban J connectivity index is 2.02. The molecule has 0 amide bonds. The molecule has 6 heteroatoms. The first-order valence-corrected chi connectivity index (χ1v) is 8.96. The molecule has 1 unspecified atom stereocenters. The monoisotopic (exact) mass is 361 g/mol. The molecule has 0 radical (unpaired) electrons. The van der Waals surface area contributed by atoms with E-state index in [0.29, 0.717) is 11.3 Å². The number of hydrogen-bond donors (Lipinski definition) is 0. The van der Waals surface area contributed by atoms with Gasteiger partial charge in [-0.05, 0) is 24.8 Å². The number of aromatic nitrogens is 1. The molecule has 1 heterocycles. The summed E-state index contributed by atoms with van der Waals surface area (Å²) in [5, 5.41) is 1.68. The van der Waals surface area contributed by atoms with Crippen LogP contribution in [0.15, 0.2) is 34.4 Å². The molecule has 134 valence electrons. The third-order valence-corrected chi connectivity index (χ3v) is 4.86. The van der Waals surface area contributed by atoms with Crippen LogP contribution in [0, 0.1) is 6.92 Å². The third kappa shape index (κ3) is 4.66. The van der Waals surface area contributed by atoms with Gasteiger partial charge >= 0.3 is 10.8 Å². The third-order valence-electron chi connectivity index (χ3n) is 3.98. The SMILES string of the molecule is Cc1csc(=O)n1CC(=O)OC(C)C(=O)c1ccc(C(C)(C)C)cc1. The Hall–Kier alpha value is -2.21. The van der Waals surface area contributed by atoms with Crippen molar-refractivity contribution in [3.05, 3.63) is 56.1 Å². The van der Waals surface area contributed by atoms with E-state index in [1.54, 1.807) is 31.4 Å². The second-order valence-corrected chi connectivity index (χ2v) is 7.87. The molecule has 0 aliphatic heterocycles. The molecule has 2 rings (SSSR count). The first-order valence-electron chi connectivity index (χ1n) is 8.09. The average molecular weight is 361 g/mol. The molecule has 0 bridgehead atoms. The lowest BCUT2D eigenvalue weighted by molar-refractivity contribution is -0.147. The number of benzene rings is 1. The van der Waals surface area contributed by atoms with Crippen molar-refractivity contribution in [1.82, 2.24) is 4.57 Å². The zero-order valence-corrected chi connectivity index (χ0v) is 16.0. The minimum absolute atomic E-state index is 0.00527. The summed E-state index contributed by atoms with van der Waals surface area (Å²) in [5.41, 5.74) is 2.33. The van der Waals surface area contributed by atoms with Crippen molar-refractivity contribution in [2.45, 2.75) is 52.7 Å². The van der Waals surface area contributed by atoms with Crippen molar-refractivity contribution in [1.29, 1.82) is 0 Å². The molecule has 2 aromatic rings. The molecule has 5 nitrogen and oxygen atoms in total. The van der Waals surface area contributed by atoms with E-state index >= 15 is 0 Å². The largest absolute Gasteiger partial charge is 0.453 e. The molecular formula is C19H23NO4S. The van der Waals surface area contributed by atoms with Crippen molar-refractivity contribution in [2.24, 2.45) is 0 Å². The van der Waals surface area contributed by atoms with Gasteiger partial charge in [-0.2, -0.15) is 0 Å². The number of carbonyl (C=O) groups excluding carboxylic acids is 2. The standard InChI is InChI=1S/C19H23NO4S/c1-12-11-25-18(23)20(12)10-16(21)24-13(2)17(22)14-6-8-15(9-7-14)19(3,4)5/h6-9,11,13H,10H2,1-5H3. The number of rotatable bonds is 5. The summed E-state index contributed by atoms with van der Waals surface area (Å²) in [6.45, 7) is 9.40. The smallest absolute Gasteiger partial charge is 0.326 e. The highest BCUT2D eigenvalue weighted by molar-refractivity contribution is 7.07. The maximum Gasteiger partial charge on any atom is 0.326 e. The molecular weight excluding hydrogens is 338 g/mol. The first-order chi connectivity index (χ1) is 11.6. The summed E-state index contributed by atoms with van der Waals surface area (Å²) >= 11 is 1.03. The predicted octanol–water partition coefficient (Wildman–Crippen LogP) is 3.33. The molecule has 0 saturated carbocycles. The van der Waals surface area contributed by atoms with Crippen LogP contribution in [-0.4, -0.2) is 22.4 Å². The molecule has 0 N–H and O–H groups in total. The molecule has 0 aliphatic rings. The normalized spacial score (nSPS) is 12.7. The van der Waals surface area contributed by atoms with Crippen molar-refractivity contribution >= 4 is 23.1 Å². The van der Waals surface area contributed by atoms with Crippen molar-refractivity contribution in [3.63, 3.8) is 0 Å². The summed E-state index contributed by atoms with van der Waals surface area (Å²) in [6.07, 6.45) is -0.900. The van der Waals surface area contributed by atoms with Gasteiger partial charge in [0.05, 0.1) is 0 Å². The molecule has 0 fully saturated rings. The van der Waals surface area contributed by atoms with Crippen LogP contribution in [-0.2, 0) is 21.5 Å². The van der Waals surface area contributed by atoms with E-state index in [1.807, 2.05) is 12.1 Å². The lowest BCUT2D eigenvalue weighted by Crippen LogP contribution is -2.29. The first kappa shape index (κ1) is 19.1. The number of Topliss-reactive ketones (excluding diaryl/α,β-unsaturated/α-hetero) is 1. The van der Waals surface area contributed by atoms with E-state index in [2.05, 4.69) is 20.8 Å². The van der Waals surface area contributed by atoms with Crippen molar-refractivity contribution < 1.29 is 14.3 Å². The molecule has 0 spiro atoms. The van der Waals surface area contributed by atoms with Gasteiger partial charge in [0.25, 0.3) is 0 Å². The summed E-state index contributed by atoms with van der Waals surface area (Å²) in [4.78, 5) is 35.9. The zero-order valence-electron chi connectivity index (χ0n) is 15.2. The maximum atomic E-state index is 12.4. The Bertz CT molecular complexity index is 824. The van der Waals surface area contributed by atoms with Crippen LogP contribution in [0.3, 0.4) is 0 Å². The Morgan fingerprint density at radius 3 is 2.28 bits per heavy atom. The van der Waals surface area contributed by atoms with Gasteiger partial charge in [-0.3, -0.25) is 19.0 Å². The Morgan fingerprint density at radius 2 is 1.80 bits per heavy atom. The molecule has 0 aliphatic carbocycles. The number of esters is 1. The zero-order chi connectivity index (χ0) is 18.8. The van der Waals surface area contributed by atoms with Crippen LogP contribution in [0.25, 0.3) is 0 Å². The summed E-state index contributed by atoms with van der Waals surface area (Å²) < 4.78 is 6.54. The van der Waals surface area contributed by atoms with Crippen molar-refractivity contribution in [2.75, 3.05) is 0 Å². The second-order valence-electron chi connectivity index (χ2n) is 7.05. The van der Waals surface area contributed by atoms with Crippen LogP contribution in [0.2, 0.25) is 0 Å². The topological polar surface area (TPSA) is 65.4 Å². The number of ether oxygens (including phenoxy) is 1. The molecule has 1 aromatic heterocycles. The minimum Gasteiger partial charge on any atom is -0.453 e. The Morgan fingerprint density at radius 1 is 1.20 bits per heavy atom. The molecule has 25 heavy (non-hydrogen) atoms. The quantitative estimate of drug-likeness (QED) is 0.605.